The molecule has 1 saturated heterocycles. The first kappa shape index (κ1) is 22.2. The number of nitrogens with one attached hydrogen (secondary N) is 1. The van der Waals surface area contributed by atoms with Gasteiger partial charge < -0.3 is 14.8 Å². The number of fused-ring (bicyclic) bond motifs is 2. The van der Waals surface area contributed by atoms with Crippen LogP contribution < -0.4 is 5.32 Å². The normalized spacial score (nSPS) is 27.1. The van der Waals surface area contributed by atoms with Gasteiger partial charge in [-0.05, 0) is 62.1 Å². The molecular formula is C22H30N2O6S. The summed E-state index contributed by atoms with van der Waals surface area (Å²) in [6, 6.07) is 6.11. The van der Waals surface area contributed by atoms with E-state index in [-0.39, 0.29) is 10.9 Å². The highest BCUT2D eigenvalue weighted by molar-refractivity contribution is 7.89. The lowest BCUT2D eigenvalue weighted by atomic mass is 9.86. The summed E-state index contributed by atoms with van der Waals surface area (Å²) in [5, 5.41) is 2.66. The van der Waals surface area contributed by atoms with Gasteiger partial charge in [-0.2, -0.15) is 4.31 Å². The number of ether oxygens (including phenoxy) is 2. The fraction of sp³-hybridized carbons (Fsp3) is 0.636. The van der Waals surface area contributed by atoms with Crippen LogP contribution in [0.5, 0.6) is 0 Å². The average molecular weight is 451 g/mol. The van der Waals surface area contributed by atoms with E-state index in [1.54, 1.807) is 12.1 Å². The molecule has 1 amide bonds. The lowest BCUT2D eigenvalue weighted by Crippen LogP contribution is -2.40. The molecular weight excluding hydrogens is 420 g/mol. The van der Waals surface area contributed by atoms with E-state index in [9.17, 15) is 18.0 Å². The number of rotatable bonds is 7. The molecule has 1 N–H and O–H groups in total. The van der Waals surface area contributed by atoms with Gasteiger partial charge in [0.2, 0.25) is 10.0 Å². The smallest absolute Gasteiger partial charge is 0.306 e. The van der Waals surface area contributed by atoms with Crippen LogP contribution in [0.3, 0.4) is 0 Å². The summed E-state index contributed by atoms with van der Waals surface area (Å²) in [6.45, 7) is 2.85. The van der Waals surface area contributed by atoms with E-state index >= 15 is 0 Å². The Morgan fingerprint density at radius 3 is 2.68 bits per heavy atom. The van der Waals surface area contributed by atoms with Crippen LogP contribution in [0, 0.1) is 17.8 Å². The minimum atomic E-state index is -3.66. The van der Waals surface area contributed by atoms with Gasteiger partial charge in [-0.1, -0.05) is 12.5 Å². The molecule has 3 aliphatic rings. The maximum Gasteiger partial charge on any atom is 0.306 e. The molecule has 2 saturated carbocycles. The van der Waals surface area contributed by atoms with Gasteiger partial charge >= 0.3 is 5.97 Å². The highest BCUT2D eigenvalue weighted by atomic mass is 32.2. The molecule has 1 aromatic rings. The first-order valence-corrected chi connectivity index (χ1v) is 12.4. The minimum Gasteiger partial charge on any atom is -0.453 e. The van der Waals surface area contributed by atoms with Crippen LogP contribution in [0.25, 0.3) is 0 Å². The van der Waals surface area contributed by atoms with Crippen LogP contribution in [-0.2, 0) is 29.1 Å². The van der Waals surface area contributed by atoms with E-state index in [0.29, 0.717) is 50.2 Å². The SMILES string of the molecule is C[C@H](OC(=O)C[C@@H]1C[C@@H]2CC[C@@H]1C2)C(=O)Nc1cccc(S(=O)(=O)N2CCOCC2)c1. The van der Waals surface area contributed by atoms with Crippen LogP contribution in [0.1, 0.15) is 39.0 Å². The maximum atomic E-state index is 12.8. The van der Waals surface area contributed by atoms with Gasteiger partial charge in [-0.25, -0.2) is 8.42 Å². The monoisotopic (exact) mass is 450 g/mol. The molecule has 0 spiro atoms. The predicted octanol–water partition coefficient (Wildman–Crippen LogP) is 2.40. The second-order valence-corrected chi connectivity index (χ2v) is 10.7. The van der Waals surface area contributed by atoms with Crippen LogP contribution >= 0.6 is 0 Å². The highest BCUT2D eigenvalue weighted by Gasteiger charge is 2.40. The van der Waals surface area contributed by atoms with E-state index in [4.69, 9.17) is 9.47 Å². The van der Waals surface area contributed by atoms with Crippen molar-refractivity contribution in [3.05, 3.63) is 24.3 Å². The molecule has 1 aromatic carbocycles. The Balaban J connectivity index is 1.32. The first-order chi connectivity index (χ1) is 14.8. The number of nitrogens with zero attached hydrogens (tertiary/aromatic N) is 1. The van der Waals surface area contributed by atoms with E-state index < -0.39 is 22.0 Å². The molecule has 2 aliphatic carbocycles. The Morgan fingerprint density at radius 1 is 1.23 bits per heavy atom. The van der Waals surface area contributed by atoms with Gasteiger partial charge in [0, 0.05) is 25.2 Å². The summed E-state index contributed by atoms with van der Waals surface area (Å²) in [7, 11) is -3.66. The number of esters is 1. The van der Waals surface area contributed by atoms with Crippen molar-refractivity contribution < 1.29 is 27.5 Å². The molecule has 4 atom stereocenters. The number of sulfonamides is 1. The molecule has 4 rings (SSSR count). The van der Waals surface area contributed by atoms with Crippen molar-refractivity contribution in [2.24, 2.45) is 17.8 Å². The fourth-order valence-electron chi connectivity index (χ4n) is 5.05. The second-order valence-electron chi connectivity index (χ2n) is 8.80. The summed E-state index contributed by atoms with van der Waals surface area (Å²) in [5.74, 6) is 0.928. The number of carbonyl (C=O) groups is 2. The lowest BCUT2D eigenvalue weighted by molar-refractivity contribution is -0.154. The number of benzene rings is 1. The summed E-state index contributed by atoms with van der Waals surface area (Å²) in [4.78, 5) is 24.9. The zero-order chi connectivity index (χ0) is 22.0. The van der Waals surface area contributed by atoms with E-state index in [1.165, 1.54) is 42.6 Å². The van der Waals surface area contributed by atoms with E-state index in [1.807, 2.05) is 0 Å². The van der Waals surface area contributed by atoms with Crippen LogP contribution in [-0.4, -0.2) is 57.0 Å². The van der Waals surface area contributed by atoms with Crippen molar-refractivity contribution in [3.8, 4) is 0 Å². The average Bonchev–Trinajstić information content (AvgIpc) is 3.37. The van der Waals surface area contributed by atoms with Crippen molar-refractivity contribution in [1.82, 2.24) is 4.31 Å². The number of anilines is 1. The Bertz CT molecular complexity index is 928. The number of amides is 1. The Hall–Kier alpha value is -1.97. The van der Waals surface area contributed by atoms with Gasteiger partial charge in [0.25, 0.3) is 5.91 Å². The van der Waals surface area contributed by atoms with Crippen molar-refractivity contribution in [2.75, 3.05) is 31.6 Å². The Kier molecular flexibility index (Phi) is 6.64. The summed E-state index contributed by atoms with van der Waals surface area (Å²) in [6.07, 6.45) is 4.19. The number of morpholine rings is 1. The minimum absolute atomic E-state index is 0.105. The highest BCUT2D eigenvalue weighted by Crippen LogP contribution is 2.49. The van der Waals surface area contributed by atoms with Crippen molar-refractivity contribution in [3.63, 3.8) is 0 Å². The molecule has 9 heteroatoms. The Morgan fingerprint density at radius 2 is 2.00 bits per heavy atom. The molecule has 31 heavy (non-hydrogen) atoms. The van der Waals surface area contributed by atoms with Crippen LogP contribution in [0.15, 0.2) is 29.2 Å². The number of hydrogen-bond donors (Lipinski definition) is 1. The maximum absolute atomic E-state index is 12.8. The molecule has 8 nitrogen and oxygen atoms in total. The van der Waals surface area contributed by atoms with Gasteiger partial charge in [-0.3, -0.25) is 9.59 Å². The molecule has 2 bridgehead atoms. The Labute approximate surface area is 183 Å². The fourth-order valence-corrected chi connectivity index (χ4v) is 6.51. The summed E-state index contributed by atoms with van der Waals surface area (Å²) in [5.41, 5.74) is 0.343. The van der Waals surface area contributed by atoms with E-state index in [2.05, 4.69) is 5.32 Å². The number of carbonyl (C=O) groups excluding carboxylic acids is 2. The molecule has 0 radical (unpaired) electrons. The third kappa shape index (κ3) is 5.10. The van der Waals surface area contributed by atoms with Crippen molar-refractivity contribution >= 4 is 27.6 Å². The topological polar surface area (TPSA) is 102 Å². The molecule has 0 unspecified atom stereocenters. The zero-order valence-electron chi connectivity index (χ0n) is 17.8. The lowest BCUT2D eigenvalue weighted by Gasteiger charge is -2.26. The van der Waals surface area contributed by atoms with Gasteiger partial charge in [0.1, 0.15) is 0 Å². The molecule has 3 fully saturated rings. The van der Waals surface area contributed by atoms with Gasteiger partial charge in [-0.15, -0.1) is 0 Å². The van der Waals surface area contributed by atoms with Crippen LogP contribution in [0.4, 0.5) is 5.69 Å². The molecule has 0 aromatic heterocycles. The first-order valence-electron chi connectivity index (χ1n) is 11.0. The summed E-state index contributed by atoms with van der Waals surface area (Å²) < 4.78 is 37.6. The molecule has 1 heterocycles. The van der Waals surface area contributed by atoms with Gasteiger partial charge in [0.05, 0.1) is 18.1 Å². The largest absolute Gasteiger partial charge is 0.453 e. The molecule has 1 aliphatic heterocycles. The zero-order valence-corrected chi connectivity index (χ0v) is 18.6. The van der Waals surface area contributed by atoms with Crippen molar-refractivity contribution in [2.45, 2.75) is 50.0 Å². The third-order valence-corrected chi connectivity index (χ3v) is 8.59. The third-order valence-electron chi connectivity index (χ3n) is 6.70. The standard InChI is InChI=1S/C22H30N2O6S/c1-15(30-21(25)13-18-12-16-5-6-17(18)11-16)22(26)23-19-3-2-4-20(14-19)31(27,28)24-7-9-29-10-8-24/h2-4,14-18H,5-13H2,1H3,(H,23,26)/t15-,16+,17+,18-/m0/s1. The van der Waals surface area contributed by atoms with Gasteiger partial charge in [0.15, 0.2) is 6.10 Å². The van der Waals surface area contributed by atoms with E-state index in [0.717, 1.165) is 12.3 Å². The summed E-state index contributed by atoms with van der Waals surface area (Å²) >= 11 is 0. The second kappa shape index (κ2) is 9.26. The quantitative estimate of drug-likeness (QED) is 0.640. The van der Waals surface area contributed by atoms with Crippen LogP contribution in [0.2, 0.25) is 0 Å². The number of hydrogen-bond acceptors (Lipinski definition) is 6. The van der Waals surface area contributed by atoms with Crippen molar-refractivity contribution in [1.29, 1.82) is 0 Å². The predicted molar refractivity (Wildman–Crippen MR) is 114 cm³/mol. The molecule has 170 valence electrons.